The van der Waals surface area contributed by atoms with Crippen molar-refractivity contribution in [3.63, 3.8) is 0 Å². The summed E-state index contributed by atoms with van der Waals surface area (Å²) in [5, 5.41) is 8.12. The summed E-state index contributed by atoms with van der Waals surface area (Å²) in [4.78, 5) is 22.2. The van der Waals surface area contributed by atoms with Crippen molar-refractivity contribution in [2.45, 2.75) is 20.4 Å². The van der Waals surface area contributed by atoms with Gasteiger partial charge in [0.15, 0.2) is 0 Å². The van der Waals surface area contributed by atoms with Crippen molar-refractivity contribution in [1.82, 2.24) is 15.2 Å². The molecule has 0 aliphatic carbocycles. The van der Waals surface area contributed by atoms with Gasteiger partial charge in [-0.2, -0.15) is 5.10 Å². The summed E-state index contributed by atoms with van der Waals surface area (Å²) in [6.45, 7) is 4.05. The molecule has 0 atom stereocenters. The van der Waals surface area contributed by atoms with Crippen LogP contribution in [0, 0.1) is 0 Å². The van der Waals surface area contributed by atoms with Gasteiger partial charge in [-0.25, -0.2) is 10.1 Å². The highest BCUT2D eigenvalue weighted by Crippen LogP contribution is 2.07. The lowest BCUT2D eigenvalue weighted by Gasteiger charge is -2.06. The number of methoxy groups -OCH3 is 1. The van der Waals surface area contributed by atoms with Gasteiger partial charge in [-0.1, -0.05) is 0 Å². The molecule has 9 heteroatoms. The van der Waals surface area contributed by atoms with E-state index in [1.807, 2.05) is 6.92 Å². The predicted octanol–water partition coefficient (Wildman–Crippen LogP) is -0.158. The summed E-state index contributed by atoms with van der Waals surface area (Å²) >= 11 is 0.895. The topological polar surface area (TPSA) is 94.8 Å². The van der Waals surface area contributed by atoms with Crippen molar-refractivity contribution in [3.8, 4) is 5.19 Å². The zero-order valence-electron chi connectivity index (χ0n) is 11.0. The number of ether oxygens (including phenoxy) is 2. The molecule has 0 aliphatic rings. The summed E-state index contributed by atoms with van der Waals surface area (Å²) in [7, 11) is 1.44. The molecule has 0 aromatic carbocycles. The predicted molar refractivity (Wildman–Crippen MR) is 70.7 cm³/mol. The van der Waals surface area contributed by atoms with E-state index >= 15 is 0 Å². The minimum absolute atomic E-state index is 0.138. The van der Waals surface area contributed by atoms with Crippen LogP contribution in [0.3, 0.4) is 0 Å². The van der Waals surface area contributed by atoms with Crippen molar-refractivity contribution in [1.29, 1.82) is 0 Å². The first kappa shape index (κ1) is 15.3. The molecule has 106 valence electrons. The number of carbonyl (C=O) groups is 1. The summed E-state index contributed by atoms with van der Waals surface area (Å²) in [6, 6.07) is 0. The van der Waals surface area contributed by atoms with Crippen LogP contribution in [0.15, 0.2) is 9.90 Å². The van der Waals surface area contributed by atoms with E-state index in [0.29, 0.717) is 12.3 Å². The Labute approximate surface area is 114 Å². The number of carbonyl (C=O) groups excluding carboxylic acids is 1. The maximum absolute atomic E-state index is 11.6. The molecule has 1 heterocycles. The molecule has 19 heavy (non-hydrogen) atoms. The number of hydrogen-bond acceptors (Lipinski definition) is 7. The van der Waals surface area contributed by atoms with Crippen LogP contribution in [0.2, 0.25) is 0 Å². The molecule has 0 aliphatic heterocycles. The molecular formula is C10H16N4O4S. The Balaban J connectivity index is 2.80. The summed E-state index contributed by atoms with van der Waals surface area (Å²) in [6.07, 6.45) is 0. The van der Waals surface area contributed by atoms with Crippen LogP contribution in [0.1, 0.15) is 13.8 Å². The van der Waals surface area contributed by atoms with Crippen LogP contribution >= 0.6 is 11.3 Å². The summed E-state index contributed by atoms with van der Waals surface area (Å²) < 4.78 is 11.3. The van der Waals surface area contributed by atoms with E-state index in [1.54, 1.807) is 0 Å². The number of rotatable bonds is 7. The van der Waals surface area contributed by atoms with Crippen molar-refractivity contribution >= 4 is 23.0 Å². The molecule has 8 nitrogen and oxygen atoms in total. The Hall–Kier alpha value is -1.74. The first-order valence-electron chi connectivity index (χ1n) is 5.58. The van der Waals surface area contributed by atoms with Gasteiger partial charge in [0, 0.05) is 13.5 Å². The minimum atomic E-state index is -0.294. The molecule has 1 aromatic rings. The Morgan fingerprint density at radius 2 is 2.32 bits per heavy atom. The zero-order valence-corrected chi connectivity index (χ0v) is 11.8. The Morgan fingerprint density at radius 1 is 1.58 bits per heavy atom. The molecule has 0 unspecified atom stereocenters. The number of amides is 1. The highest BCUT2D eigenvalue weighted by atomic mass is 32.1. The maximum atomic E-state index is 11.6. The molecule has 0 radical (unpaired) electrons. The van der Waals surface area contributed by atoms with Crippen LogP contribution in [-0.2, 0) is 16.1 Å². The molecule has 1 aromatic heterocycles. The average Bonchev–Trinajstić information content (AvgIpc) is 2.73. The molecule has 0 saturated heterocycles. The van der Waals surface area contributed by atoms with E-state index in [2.05, 4.69) is 15.6 Å². The molecule has 1 amide bonds. The fourth-order valence-electron chi connectivity index (χ4n) is 1.13. The zero-order chi connectivity index (χ0) is 14.3. The van der Waals surface area contributed by atoms with Crippen LogP contribution in [-0.4, -0.2) is 41.7 Å². The second kappa shape index (κ2) is 7.64. The molecule has 1 N–H and O–H groups in total. The number of aromatic nitrogens is 2. The van der Waals surface area contributed by atoms with E-state index in [9.17, 15) is 9.59 Å². The van der Waals surface area contributed by atoms with Gasteiger partial charge in [0.05, 0.1) is 26.0 Å². The number of hydrazone groups is 1. The Bertz CT molecular complexity index is 508. The third-order valence-electron chi connectivity index (χ3n) is 1.94. The van der Waals surface area contributed by atoms with Crippen LogP contribution in [0.4, 0.5) is 0 Å². The molecule has 0 saturated carbocycles. The molecule has 0 bridgehead atoms. The van der Waals surface area contributed by atoms with E-state index in [0.717, 1.165) is 11.3 Å². The maximum Gasteiger partial charge on any atom is 0.328 e. The number of hydrogen-bond donors (Lipinski definition) is 1. The first-order valence-corrected chi connectivity index (χ1v) is 6.40. The van der Waals surface area contributed by atoms with Crippen LogP contribution < -0.4 is 15.0 Å². The quantitative estimate of drug-likeness (QED) is 0.556. The minimum Gasteiger partial charge on any atom is -0.472 e. The third-order valence-corrected chi connectivity index (χ3v) is 2.75. The highest BCUT2D eigenvalue weighted by molar-refractivity contribution is 7.10. The Morgan fingerprint density at radius 3 is 2.84 bits per heavy atom. The van der Waals surface area contributed by atoms with Crippen LogP contribution in [0.5, 0.6) is 5.19 Å². The van der Waals surface area contributed by atoms with Gasteiger partial charge in [-0.3, -0.25) is 9.59 Å². The number of nitrogens with one attached hydrogen (secondary N) is 1. The first-order chi connectivity index (χ1) is 9.06. The number of nitrogens with zero attached hydrogens (tertiary/aromatic N) is 3. The van der Waals surface area contributed by atoms with Gasteiger partial charge in [0.1, 0.15) is 0 Å². The monoisotopic (exact) mass is 288 g/mol. The second-order valence-corrected chi connectivity index (χ2v) is 4.38. The molecule has 1 rings (SSSR count). The van der Waals surface area contributed by atoms with Crippen molar-refractivity contribution in [3.05, 3.63) is 9.67 Å². The van der Waals surface area contributed by atoms with Gasteiger partial charge in [0.25, 0.3) is 5.19 Å². The van der Waals surface area contributed by atoms with E-state index in [1.165, 1.54) is 18.7 Å². The third kappa shape index (κ3) is 5.18. The van der Waals surface area contributed by atoms with Gasteiger partial charge < -0.3 is 9.47 Å². The van der Waals surface area contributed by atoms with Gasteiger partial charge >= 0.3 is 4.87 Å². The fraction of sp³-hybridized carbons (Fsp3) is 0.600. The molecule has 0 spiro atoms. The molecule has 0 fully saturated rings. The standard InChI is InChI=1S/C10H16N4O4S/c1-4-18-6-8(12-11-7(2)15)5-14-10(16)19-9(13-14)17-3/h4-6H2,1-3H3,(H,11,15). The lowest BCUT2D eigenvalue weighted by molar-refractivity contribution is -0.118. The van der Waals surface area contributed by atoms with E-state index < -0.39 is 0 Å². The second-order valence-electron chi connectivity index (χ2n) is 3.48. The van der Waals surface area contributed by atoms with Gasteiger partial charge in [0.2, 0.25) is 5.91 Å². The lowest BCUT2D eigenvalue weighted by atomic mass is 10.4. The lowest BCUT2D eigenvalue weighted by Crippen LogP contribution is -2.27. The Kier molecular flexibility index (Phi) is 6.16. The highest BCUT2D eigenvalue weighted by Gasteiger charge is 2.10. The van der Waals surface area contributed by atoms with E-state index in [-0.39, 0.29) is 29.1 Å². The van der Waals surface area contributed by atoms with Crippen molar-refractivity contribution in [2.24, 2.45) is 5.10 Å². The SMILES string of the molecule is CCOCC(Cn1nc(OC)sc1=O)=NNC(C)=O. The van der Waals surface area contributed by atoms with Crippen molar-refractivity contribution in [2.75, 3.05) is 20.3 Å². The fourth-order valence-corrected chi connectivity index (χ4v) is 1.72. The van der Waals surface area contributed by atoms with Gasteiger partial charge in [-0.15, -0.1) is 5.10 Å². The summed E-state index contributed by atoms with van der Waals surface area (Å²) in [5.74, 6) is -0.294. The van der Waals surface area contributed by atoms with Crippen molar-refractivity contribution < 1.29 is 14.3 Å². The van der Waals surface area contributed by atoms with Gasteiger partial charge in [-0.05, 0) is 18.3 Å². The molecular weight excluding hydrogens is 272 g/mol. The summed E-state index contributed by atoms with van der Waals surface area (Å²) in [5.41, 5.74) is 2.81. The van der Waals surface area contributed by atoms with E-state index in [4.69, 9.17) is 9.47 Å². The largest absolute Gasteiger partial charge is 0.472 e. The smallest absolute Gasteiger partial charge is 0.328 e. The average molecular weight is 288 g/mol. The normalized spacial score (nSPS) is 11.4. The van der Waals surface area contributed by atoms with Crippen LogP contribution in [0.25, 0.3) is 0 Å².